The van der Waals surface area contributed by atoms with E-state index < -0.39 is 0 Å². The maximum Gasteiger partial charge on any atom is 0.0992 e. The van der Waals surface area contributed by atoms with Crippen molar-refractivity contribution in [2.24, 2.45) is 5.92 Å². The molecule has 1 aliphatic carbocycles. The third kappa shape index (κ3) is 3.97. The van der Waals surface area contributed by atoms with Crippen LogP contribution in [0.25, 0.3) is 0 Å². The molecule has 0 amide bonds. The summed E-state index contributed by atoms with van der Waals surface area (Å²) in [6, 6.07) is 9.01. The first kappa shape index (κ1) is 16.3. The van der Waals surface area contributed by atoms with Gasteiger partial charge < -0.3 is 4.74 Å². The van der Waals surface area contributed by atoms with Crippen LogP contribution in [0.3, 0.4) is 0 Å². The molecule has 1 atom stereocenters. The van der Waals surface area contributed by atoms with Crippen molar-refractivity contribution >= 4 is 22.6 Å². The van der Waals surface area contributed by atoms with E-state index in [0.717, 1.165) is 17.0 Å². The van der Waals surface area contributed by atoms with Crippen molar-refractivity contribution < 1.29 is 4.74 Å². The number of hydrogen-bond donors (Lipinski definition) is 0. The van der Waals surface area contributed by atoms with Crippen molar-refractivity contribution in [3.8, 4) is 0 Å². The quantitative estimate of drug-likeness (QED) is 0.452. The van der Waals surface area contributed by atoms with Crippen molar-refractivity contribution in [3.63, 3.8) is 0 Å². The van der Waals surface area contributed by atoms with Gasteiger partial charge in [0.2, 0.25) is 0 Å². The topological polar surface area (TPSA) is 9.23 Å². The molecular formula is C18H27IO. The molecule has 2 heteroatoms. The largest absolute Gasteiger partial charge is 0.369 e. The minimum Gasteiger partial charge on any atom is -0.369 e. The molecule has 1 aliphatic rings. The number of rotatable bonds is 6. The van der Waals surface area contributed by atoms with E-state index in [1.165, 1.54) is 36.8 Å². The van der Waals surface area contributed by atoms with E-state index in [9.17, 15) is 0 Å². The van der Waals surface area contributed by atoms with E-state index in [1.54, 1.807) is 0 Å². The highest BCUT2D eigenvalue weighted by atomic mass is 127. The molecule has 0 heterocycles. The molecule has 1 aromatic carbocycles. The monoisotopic (exact) mass is 386 g/mol. The molecule has 0 aliphatic heterocycles. The standard InChI is InChI=1S/C18H27IO/c1-14(2)16-8-10-17(11-9-16)18(3,13-19)20-12-15-6-4-5-7-15/h8-11,14-15H,4-7,12-13H2,1-3H3. The van der Waals surface area contributed by atoms with E-state index in [4.69, 9.17) is 4.74 Å². The molecule has 112 valence electrons. The van der Waals surface area contributed by atoms with E-state index in [0.29, 0.717) is 5.92 Å². The van der Waals surface area contributed by atoms with E-state index in [2.05, 4.69) is 67.6 Å². The lowest BCUT2D eigenvalue weighted by atomic mass is 9.94. The number of hydrogen-bond acceptors (Lipinski definition) is 1. The zero-order valence-corrected chi connectivity index (χ0v) is 15.2. The molecular weight excluding hydrogens is 359 g/mol. The predicted octanol–water partition coefficient (Wildman–Crippen LogP) is 5.67. The summed E-state index contributed by atoms with van der Waals surface area (Å²) in [6.07, 6.45) is 5.48. The van der Waals surface area contributed by atoms with E-state index >= 15 is 0 Å². The highest BCUT2D eigenvalue weighted by molar-refractivity contribution is 14.1. The molecule has 0 aromatic heterocycles. The average Bonchev–Trinajstić information content (AvgIpc) is 2.98. The fraction of sp³-hybridized carbons (Fsp3) is 0.667. The summed E-state index contributed by atoms with van der Waals surface area (Å²) in [7, 11) is 0. The third-order valence-electron chi connectivity index (χ3n) is 4.56. The molecule has 0 saturated heterocycles. The Kier molecular flexibility index (Phi) is 5.91. The zero-order chi connectivity index (χ0) is 14.6. The normalized spacial score (nSPS) is 19.4. The van der Waals surface area contributed by atoms with Crippen LogP contribution >= 0.6 is 22.6 Å². The summed E-state index contributed by atoms with van der Waals surface area (Å²) in [5.41, 5.74) is 2.58. The lowest BCUT2D eigenvalue weighted by molar-refractivity contribution is -0.0330. The lowest BCUT2D eigenvalue weighted by Crippen LogP contribution is -2.30. The molecule has 1 fully saturated rings. The number of benzene rings is 1. The lowest BCUT2D eigenvalue weighted by Gasteiger charge is -2.30. The molecule has 1 saturated carbocycles. The number of ether oxygens (including phenoxy) is 1. The minimum atomic E-state index is -0.140. The van der Waals surface area contributed by atoms with Crippen LogP contribution in [0.15, 0.2) is 24.3 Å². The fourth-order valence-electron chi connectivity index (χ4n) is 2.90. The summed E-state index contributed by atoms with van der Waals surface area (Å²) in [5.74, 6) is 1.38. The van der Waals surface area contributed by atoms with Crippen LogP contribution in [0.4, 0.5) is 0 Å². The summed E-state index contributed by atoms with van der Waals surface area (Å²) in [4.78, 5) is 0. The van der Waals surface area contributed by atoms with Crippen LogP contribution in [-0.2, 0) is 10.3 Å². The first-order chi connectivity index (χ1) is 9.55. The number of halogens is 1. The van der Waals surface area contributed by atoms with Gasteiger partial charge in [-0.1, -0.05) is 73.5 Å². The second-order valence-electron chi connectivity index (χ2n) is 6.60. The second-order valence-corrected chi connectivity index (χ2v) is 7.37. The fourth-order valence-corrected chi connectivity index (χ4v) is 3.56. The van der Waals surface area contributed by atoms with Gasteiger partial charge in [0.25, 0.3) is 0 Å². The van der Waals surface area contributed by atoms with Crippen molar-refractivity contribution in [3.05, 3.63) is 35.4 Å². The molecule has 20 heavy (non-hydrogen) atoms. The molecule has 0 N–H and O–H groups in total. The predicted molar refractivity (Wildman–Crippen MR) is 94.7 cm³/mol. The van der Waals surface area contributed by atoms with Gasteiger partial charge >= 0.3 is 0 Å². The highest BCUT2D eigenvalue weighted by Crippen LogP contribution is 2.32. The molecule has 1 unspecified atom stereocenters. The minimum absolute atomic E-state index is 0.140. The summed E-state index contributed by atoms with van der Waals surface area (Å²) >= 11 is 2.45. The van der Waals surface area contributed by atoms with Gasteiger partial charge in [0.05, 0.1) is 12.2 Å². The maximum atomic E-state index is 6.34. The zero-order valence-electron chi connectivity index (χ0n) is 13.0. The summed E-state index contributed by atoms with van der Waals surface area (Å²) < 4.78 is 7.34. The van der Waals surface area contributed by atoms with Crippen molar-refractivity contribution in [2.75, 3.05) is 11.0 Å². The molecule has 1 aromatic rings. The Hall–Kier alpha value is -0.0900. The third-order valence-corrected chi connectivity index (χ3v) is 6.01. The van der Waals surface area contributed by atoms with E-state index in [1.807, 2.05) is 0 Å². The van der Waals surface area contributed by atoms with Gasteiger partial charge in [-0.3, -0.25) is 0 Å². The van der Waals surface area contributed by atoms with Crippen molar-refractivity contribution in [1.82, 2.24) is 0 Å². The van der Waals surface area contributed by atoms with Gasteiger partial charge in [-0.15, -0.1) is 0 Å². The van der Waals surface area contributed by atoms with Gasteiger partial charge in [0.15, 0.2) is 0 Å². The molecule has 2 rings (SSSR count). The number of alkyl halides is 1. The van der Waals surface area contributed by atoms with Gasteiger partial charge in [-0.2, -0.15) is 0 Å². The van der Waals surface area contributed by atoms with Crippen LogP contribution in [0, 0.1) is 5.92 Å². The van der Waals surface area contributed by atoms with Crippen LogP contribution in [-0.4, -0.2) is 11.0 Å². The summed E-state index contributed by atoms with van der Waals surface area (Å²) in [6.45, 7) is 7.64. The van der Waals surface area contributed by atoms with Crippen molar-refractivity contribution in [1.29, 1.82) is 0 Å². The first-order valence-electron chi connectivity index (χ1n) is 7.85. The summed E-state index contributed by atoms with van der Waals surface area (Å²) in [5, 5.41) is 0. The van der Waals surface area contributed by atoms with Gasteiger partial charge in [0, 0.05) is 4.43 Å². The SMILES string of the molecule is CC(C)c1ccc(C(C)(CI)OCC2CCCC2)cc1. The Labute approximate surface area is 137 Å². The van der Waals surface area contributed by atoms with Crippen LogP contribution in [0.2, 0.25) is 0 Å². The van der Waals surface area contributed by atoms with Crippen molar-refractivity contribution in [2.45, 2.75) is 58.0 Å². The molecule has 1 nitrogen and oxygen atoms in total. The second kappa shape index (κ2) is 7.26. The van der Waals surface area contributed by atoms with Gasteiger partial charge in [-0.25, -0.2) is 0 Å². The molecule has 0 radical (unpaired) electrons. The van der Waals surface area contributed by atoms with Gasteiger partial charge in [0.1, 0.15) is 0 Å². The van der Waals surface area contributed by atoms with Crippen LogP contribution < -0.4 is 0 Å². The smallest absolute Gasteiger partial charge is 0.0992 e. The van der Waals surface area contributed by atoms with E-state index in [-0.39, 0.29) is 5.60 Å². The Balaban J connectivity index is 2.04. The Morgan fingerprint density at radius 1 is 1.20 bits per heavy atom. The highest BCUT2D eigenvalue weighted by Gasteiger charge is 2.28. The average molecular weight is 386 g/mol. The van der Waals surface area contributed by atoms with Gasteiger partial charge in [-0.05, 0) is 42.7 Å². The Morgan fingerprint density at radius 2 is 1.80 bits per heavy atom. The molecule has 0 bridgehead atoms. The molecule has 0 spiro atoms. The van der Waals surface area contributed by atoms with Crippen LogP contribution in [0.5, 0.6) is 0 Å². The Bertz CT molecular complexity index is 406. The van der Waals surface area contributed by atoms with Crippen LogP contribution in [0.1, 0.15) is 63.5 Å². The first-order valence-corrected chi connectivity index (χ1v) is 9.38. The maximum absolute atomic E-state index is 6.34. The Morgan fingerprint density at radius 3 is 2.30 bits per heavy atom.